The van der Waals surface area contributed by atoms with Gasteiger partial charge in [-0.05, 0) is 42.5 Å². The van der Waals surface area contributed by atoms with Crippen molar-refractivity contribution in [3.63, 3.8) is 0 Å². The van der Waals surface area contributed by atoms with E-state index in [4.69, 9.17) is 11.6 Å². The molecule has 2 aromatic heterocycles. The molecule has 1 atom stereocenters. The number of hydrogen-bond donors (Lipinski definition) is 0. The van der Waals surface area contributed by atoms with E-state index in [2.05, 4.69) is 16.4 Å². The van der Waals surface area contributed by atoms with E-state index in [9.17, 15) is 4.79 Å². The molecule has 110 valence electrons. The van der Waals surface area contributed by atoms with Gasteiger partial charge in [0, 0.05) is 24.2 Å². The molecule has 0 saturated carbocycles. The van der Waals surface area contributed by atoms with Gasteiger partial charge in [-0.15, -0.1) is 11.3 Å². The SMILES string of the molecule is CC(Sc1ncccc1Cl)C(=O)N1CCc2sccc2C1. The van der Waals surface area contributed by atoms with Crippen LogP contribution in [0.25, 0.3) is 0 Å². The summed E-state index contributed by atoms with van der Waals surface area (Å²) < 4.78 is 0. The summed E-state index contributed by atoms with van der Waals surface area (Å²) in [5, 5.41) is 3.23. The van der Waals surface area contributed by atoms with Crippen LogP contribution < -0.4 is 0 Å². The third-order valence-corrected chi connectivity index (χ3v) is 6.02. The number of nitrogens with zero attached hydrogens (tertiary/aromatic N) is 2. The molecule has 1 amide bonds. The smallest absolute Gasteiger partial charge is 0.236 e. The fraction of sp³-hybridized carbons (Fsp3) is 0.333. The van der Waals surface area contributed by atoms with Crippen LogP contribution in [0.4, 0.5) is 0 Å². The fourth-order valence-electron chi connectivity index (χ4n) is 2.37. The molecule has 2 aromatic rings. The third kappa shape index (κ3) is 3.25. The lowest BCUT2D eigenvalue weighted by Crippen LogP contribution is -2.39. The lowest BCUT2D eigenvalue weighted by atomic mass is 10.1. The maximum absolute atomic E-state index is 12.6. The van der Waals surface area contributed by atoms with Gasteiger partial charge in [0.1, 0.15) is 5.03 Å². The molecule has 3 nitrogen and oxygen atoms in total. The summed E-state index contributed by atoms with van der Waals surface area (Å²) in [5.41, 5.74) is 1.28. The second-order valence-corrected chi connectivity index (χ2v) is 7.67. The van der Waals surface area contributed by atoms with Crippen LogP contribution in [0.15, 0.2) is 34.8 Å². The standard InChI is InChI=1S/C15H15ClN2OS2/c1-10(21-14-12(16)3-2-6-17-14)15(19)18-7-4-13-11(9-18)5-8-20-13/h2-3,5-6,8,10H,4,7,9H2,1H3. The van der Waals surface area contributed by atoms with E-state index in [0.29, 0.717) is 10.0 Å². The number of thioether (sulfide) groups is 1. The van der Waals surface area contributed by atoms with E-state index in [1.165, 1.54) is 22.2 Å². The number of carbonyl (C=O) groups is 1. The van der Waals surface area contributed by atoms with Gasteiger partial charge in [0.05, 0.1) is 10.3 Å². The largest absolute Gasteiger partial charge is 0.337 e. The summed E-state index contributed by atoms with van der Waals surface area (Å²) >= 11 is 9.31. The van der Waals surface area contributed by atoms with E-state index in [-0.39, 0.29) is 11.2 Å². The number of fused-ring (bicyclic) bond motifs is 1. The van der Waals surface area contributed by atoms with Crippen LogP contribution in [0, 0.1) is 0 Å². The van der Waals surface area contributed by atoms with Gasteiger partial charge in [-0.1, -0.05) is 23.4 Å². The van der Waals surface area contributed by atoms with E-state index in [1.54, 1.807) is 29.7 Å². The number of rotatable bonds is 3. The highest BCUT2D eigenvalue weighted by molar-refractivity contribution is 8.00. The van der Waals surface area contributed by atoms with Crippen molar-refractivity contribution in [2.45, 2.75) is 30.2 Å². The van der Waals surface area contributed by atoms with E-state index in [0.717, 1.165) is 19.5 Å². The Morgan fingerprint density at radius 3 is 3.19 bits per heavy atom. The van der Waals surface area contributed by atoms with E-state index >= 15 is 0 Å². The molecule has 1 aliphatic heterocycles. The van der Waals surface area contributed by atoms with Crippen molar-refractivity contribution in [2.75, 3.05) is 6.54 Å². The predicted molar refractivity (Wildman–Crippen MR) is 88.0 cm³/mol. The molecule has 0 fully saturated rings. The Balaban J connectivity index is 1.67. The van der Waals surface area contributed by atoms with Crippen molar-refractivity contribution in [3.05, 3.63) is 45.2 Å². The Morgan fingerprint density at radius 1 is 1.52 bits per heavy atom. The second-order valence-electron chi connectivity index (χ2n) is 4.93. The minimum absolute atomic E-state index is 0.151. The molecule has 0 bridgehead atoms. The molecule has 6 heteroatoms. The number of carbonyl (C=O) groups excluding carboxylic acids is 1. The maximum Gasteiger partial charge on any atom is 0.236 e. The van der Waals surface area contributed by atoms with Gasteiger partial charge < -0.3 is 4.90 Å². The zero-order valence-electron chi connectivity index (χ0n) is 11.6. The van der Waals surface area contributed by atoms with Crippen LogP contribution in [-0.2, 0) is 17.8 Å². The predicted octanol–water partition coefficient (Wildman–Crippen LogP) is 3.86. The molecule has 3 heterocycles. The van der Waals surface area contributed by atoms with Crippen molar-refractivity contribution in [1.29, 1.82) is 0 Å². The number of thiophene rings is 1. The maximum atomic E-state index is 12.6. The van der Waals surface area contributed by atoms with Gasteiger partial charge in [0.15, 0.2) is 0 Å². The highest BCUT2D eigenvalue weighted by Crippen LogP contribution is 2.30. The van der Waals surface area contributed by atoms with Gasteiger partial charge >= 0.3 is 0 Å². The first-order valence-corrected chi connectivity index (χ1v) is 8.90. The Labute approximate surface area is 137 Å². The molecule has 0 spiro atoms. The normalized spacial score (nSPS) is 15.6. The first-order chi connectivity index (χ1) is 10.1. The Bertz CT molecular complexity index is 659. The summed E-state index contributed by atoms with van der Waals surface area (Å²) in [6, 6.07) is 5.71. The van der Waals surface area contributed by atoms with Crippen molar-refractivity contribution < 1.29 is 4.79 Å². The lowest BCUT2D eigenvalue weighted by molar-refractivity contribution is -0.131. The van der Waals surface area contributed by atoms with Crippen molar-refractivity contribution in [2.24, 2.45) is 0 Å². The highest BCUT2D eigenvalue weighted by atomic mass is 35.5. The quantitative estimate of drug-likeness (QED) is 0.797. The highest BCUT2D eigenvalue weighted by Gasteiger charge is 2.26. The van der Waals surface area contributed by atoms with Crippen molar-refractivity contribution >= 4 is 40.6 Å². The van der Waals surface area contributed by atoms with Crippen LogP contribution >= 0.6 is 34.7 Å². The molecule has 3 rings (SSSR count). The van der Waals surface area contributed by atoms with Gasteiger partial charge in [-0.2, -0.15) is 0 Å². The summed E-state index contributed by atoms with van der Waals surface area (Å²) in [4.78, 5) is 20.2. The zero-order chi connectivity index (χ0) is 14.8. The zero-order valence-corrected chi connectivity index (χ0v) is 14.0. The molecule has 0 saturated heterocycles. The first kappa shape index (κ1) is 14.9. The van der Waals surface area contributed by atoms with Gasteiger partial charge in [0.2, 0.25) is 5.91 Å². The minimum atomic E-state index is -0.183. The average molecular weight is 339 g/mol. The van der Waals surface area contributed by atoms with Crippen LogP contribution in [0.2, 0.25) is 5.02 Å². The summed E-state index contributed by atoms with van der Waals surface area (Å²) in [7, 11) is 0. The van der Waals surface area contributed by atoms with Crippen molar-refractivity contribution in [3.8, 4) is 0 Å². The molecule has 1 unspecified atom stereocenters. The molecule has 21 heavy (non-hydrogen) atoms. The monoisotopic (exact) mass is 338 g/mol. The Kier molecular flexibility index (Phi) is 4.52. The van der Waals surface area contributed by atoms with Gasteiger partial charge in [-0.25, -0.2) is 4.98 Å². The lowest BCUT2D eigenvalue weighted by Gasteiger charge is -2.29. The Hall–Kier alpha value is -1.04. The van der Waals surface area contributed by atoms with E-state index in [1.807, 2.05) is 11.8 Å². The van der Waals surface area contributed by atoms with E-state index < -0.39 is 0 Å². The third-order valence-electron chi connectivity index (χ3n) is 3.48. The number of hydrogen-bond acceptors (Lipinski definition) is 4. The van der Waals surface area contributed by atoms with Crippen LogP contribution in [-0.4, -0.2) is 27.6 Å². The molecule has 0 aromatic carbocycles. The summed E-state index contributed by atoms with van der Waals surface area (Å²) in [5.74, 6) is 0.151. The molecule has 0 radical (unpaired) electrons. The number of halogens is 1. The second kappa shape index (κ2) is 6.38. The number of amides is 1. The topological polar surface area (TPSA) is 33.2 Å². The molecule has 0 N–H and O–H groups in total. The minimum Gasteiger partial charge on any atom is -0.337 e. The van der Waals surface area contributed by atoms with Crippen LogP contribution in [0.3, 0.4) is 0 Å². The average Bonchev–Trinajstić information content (AvgIpc) is 2.96. The molecule has 1 aliphatic rings. The fourth-order valence-corrected chi connectivity index (χ4v) is 4.40. The molecule has 0 aliphatic carbocycles. The molecular weight excluding hydrogens is 324 g/mol. The van der Waals surface area contributed by atoms with Gasteiger partial charge in [0.25, 0.3) is 0 Å². The Morgan fingerprint density at radius 2 is 2.38 bits per heavy atom. The summed E-state index contributed by atoms with van der Waals surface area (Å²) in [6.45, 7) is 3.44. The van der Waals surface area contributed by atoms with Crippen LogP contribution in [0.5, 0.6) is 0 Å². The first-order valence-electron chi connectivity index (χ1n) is 6.76. The number of pyridine rings is 1. The molecular formula is C15H15ClN2OS2. The summed E-state index contributed by atoms with van der Waals surface area (Å²) in [6.07, 6.45) is 2.66. The van der Waals surface area contributed by atoms with Crippen molar-refractivity contribution in [1.82, 2.24) is 9.88 Å². The van der Waals surface area contributed by atoms with Gasteiger partial charge in [-0.3, -0.25) is 4.79 Å². The van der Waals surface area contributed by atoms with Crippen LogP contribution in [0.1, 0.15) is 17.4 Å². The number of aromatic nitrogens is 1.